The van der Waals surface area contributed by atoms with Crippen molar-refractivity contribution in [3.8, 4) is 0 Å². The molecule has 0 radical (unpaired) electrons. The molecule has 5 rings (SSSR count). The van der Waals surface area contributed by atoms with Crippen molar-refractivity contribution in [2.24, 2.45) is 52.7 Å². The Hall–Kier alpha value is -1.69. The number of carbonyl (C=O) groups is 1. The Kier molecular flexibility index (Phi) is 5.95. The lowest BCUT2D eigenvalue weighted by Crippen LogP contribution is -2.50. The number of hydrazine groups is 1. The van der Waals surface area contributed by atoms with Gasteiger partial charge in [-0.25, -0.2) is 14.6 Å². The van der Waals surface area contributed by atoms with Gasteiger partial charge in [0.05, 0.1) is 17.9 Å². The second kappa shape index (κ2) is 8.51. The fraction of sp³-hybridized carbons (Fsp3) is 0.741. The predicted octanol–water partition coefficient (Wildman–Crippen LogP) is 5.70. The Bertz CT molecular complexity index is 923. The molecule has 4 N–H and O–H groups in total. The molecule has 0 aromatic heterocycles. The molecule has 182 valence electrons. The maximum Gasteiger partial charge on any atom is 0.161 e. The van der Waals surface area contributed by atoms with Gasteiger partial charge in [-0.15, -0.1) is 0 Å². The van der Waals surface area contributed by atoms with E-state index in [2.05, 4.69) is 13.8 Å². The van der Waals surface area contributed by atoms with Gasteiger partial charge in [0.15, 0.2) is 17.4 Å². The highest BCUT2D eigenvalue weighted by atomic mass is 19.2. The third-order valence-corrected chi connectivity index (χ3v) is 10.3. The zero-order valence-corrected chi connectivity index (χ0v) is 20.0. The molecule has 4 saturated carbocycles. The molecule has 1 aromatic carbocycles. The van der Waals surface area contributed by atoms with Crippen LogP contribution in [0.4, 0.5) is 20.2 Å². The van der Waals surface area contributed by atoms with E-state index in [1.165, 1.54) is 43.5 Å². The fourth-order valence-corrected chi connectivity index (χ4v) is 8.78. The minimum absolute atomic E-state index is 0.0213. The highest BCUT2D eigenvalue weighted by Crippen LogP contribution is 2.64. The number of Topliss-reactive ketones (excluding diaryl/α,β-unsaturated/α-hetero) is 1. The summed E-state index contributed by atoms with van der Waals surface area (Å²) < 4.78 is 27.2. The average Bonchev–Trinajstić information content (AvgIpc) is 3.13. The molecule has 4 aliphatic rings. The van der Waals surface area contributed by atoms with Crippen LogP contribution in [0.15, 0.2) is 12.1 Å². The van der Waals surface area contributed by atoms with E-state index in [0.717, 1.165) is 61.0 Å². The van der Waals surface area contributed by atoms with Crippen LogP contribution in [-0.2, 0) is 4.79 Å². The average molecular weight is 460 g/mol. The molecular formula is C27H39F2N3O. The summed E-state index contributed by atoms with van der Waals surface area (Å²) in [6, 6.07) is 1.90. The molecule has 0 heterocycles. The third-order valence-electron chi connectivity index (χ3n) is 10.3. The fourth-order valence-electron chi connectivity index (χ4n) is 8.78. The van der Waals surface area contributed by atoms with Gasteiger partial charge < -0.3 is 10.7 Å². The Morgan fingerprint density at radius 3 is 2.55 bits per heavy atom. The van der Waals surface area contributed by atoms with Crippen LogP contribution in [-0.4, -0.2) is 12.3 Å². The summed E-state index contributed by atoms with van der Waals surface area (Å²) in [6.45, 7) is 4.73. The zero-order valence-electron chi connectivity index (χ0n) is 20.0. The SMILES string of the molecule is CC1CCC2C(CCC3C2CCC2(C)C(C(=O)CN(N)c4cc(F)c(F)cc4N)CCC32)C1. The summed E-state index contributed by atoms with van der Waals surface area (Å²) in [5, 5.41) is 1.19. The number of anilines is 2. The quantitative estimate of drug-likeness (QED) is 0.344. The molecule has 0 spiro atoms. The second-order valence-electron chi connectivity index (χ2n) is 11.9. The number of hydrogen-bond donors (Lipinski definition) is 2. The lowest BCUT2D eigenvalue weighted by Gasteiger charge is -2.56. The number of ketones is 1. The number of halogens is 2. The van der Waals surface area contributed by atoms with Gasteiger partial charge in [-0.1, -0.05) is 20.3 Å². The first-order valence-electron chi connectivity index (χ1n) is 13.0. The topological polar surface area (TPSA) is 72.3 Å². The molecule has 4 nitrogen and oxygen atoms in total. The molecule has 6 heteroatoms. The van der Waals surface area contributed by atoms with E-state index < -0.39 is 11.6 Å². The summed E-state index contributed by atoms with van der Waals surface area (Å²) >= 11 is 0. The monoisotopic (exact) mass is 459 g/mol. The van der Waals surface area contributed by atoms with Gasteiger partial charge in [-0.3, -0.25) is 4.79 Å². The van der Waals surface area contributed by atoms with E-state index in [9.17, 15) is 13.6 Å². The normalized spacial score (nSPS) is 40.0. The minimum atomic E-state index is -1.01. The summed E-state index contributed by atoms with van der Waals surface area (Å²) in [4.78, 5) is 13.4. The van der Waals surface area contributed by atoms with Crippen molar-refractivity contribution < 1.29 is 13.6 Å². The van der Waals surface area contributed by atoms with Crippen LogP contribution < -0.4 is 16.6 Å². The molecule has 4 aliphatic carbocycles. The van der Waals surface area contributed by atoms with Gasteiger partial charge in [0.1, 0.15) is 0 Å². The number of rotatable bonds is 4. The Morgan fingerprint density at radius 2 is 1.76 bits per heavy atom. The van der Waals surface area contributed by atoms with Crippen molar-refractivity contribution in [2.75, 3.05) is 17.3 Å². The Labute approximate surface area is 196 Å². The number of benzene rings is 1. The lowest BCUT2D eigenvalue weighted by molar-refractivity contribution is -0.129. The van der Waals surface area contributed by atoms with Gasteiger partial charge in [0.25, 0.3) is 0 Å². The molecule has 1 aromatic rings. The van der Waals surface area contributed by atoms with E-state index in [-0.39, 0.29) is 35.0 Å². The predicted molar refractivity (Wildman–Crippen MR) is 127 cm³/mol. The van der Waals surface area contributed by atoms with E-state index in [1.807, 2.05) is 0 Å². The second-order valence-corrected chi connectivity index (χ2v) is 11.9. The van der Waals surface area contributed by atoms with Crippen molar-refractivity contribution in [1.29, 1.82) is 0 Å². The molecule has 4 fully saturated rings. The molecule has 0 bridgehead atoms. The van der Waals surface area contributed by atoms with Crippen LogP contribution in [0.5, 0.6) is 0 Å². The first-order chi connectivity index (χ1) is 15.7. The highest BCUT2D eigenvalue weighted by Gasteiger charge is 2.58. The van der Waals surface area contributed by atoms with Crippen molar-refractivity contribution in [3.05, 3.63) is 23.8 Å². The summed E-state index contributed by atoms with van der Waals surface area (Å²) in [6.07, 6.45) is 11.3. The molecule has 0 aliphatic heterocycles. The largest absolute Gasteiger partial charge is 0.397 e. The van der Waals surface area contributed by atoms with E-state index in [0.29, 0.717) is 5.92 Å². The smallest absolute Gasteiger partial charge is 0.161 e. The maximum atomic E-state index is 13.7. The summed E-state index contributed by atoms with van der Waals surface area (Å²) in [5.41, 5.74) is 6.07. The molecule has 0 amide bonds. The van der Waals surface area contributed by atoms with Crippen molar-refractivity contribution in [3.63, 3.8) is 0 Å². The first kappa shape index (κ1) is 23.1. The number of nitrogen functional groups attached to an aromatic ring is 1. The highest BCUT2D eigenvalue weighted by molar-refractivity contribution is 5.87. The molecule has 0 saturated heterocycles. The van der Waals surface area contributed by atoms with Crippen LogP contribution in [0.2, 0.25) is 0 Å². The number of hydrogen-bond acceptors (Lipinski definition) is 4. The van der Waals surface area contributed by atoms with Crippen LogP contribution in [0, 0.1) is 58.5 Å². The number of carbonyl (C=O) groups excluding carboxylic acids is 1. The Balaban J connectivity index is 1.29. The van der Waals surface area contributed by atoms with Crippen LogP contribution in [0.3, 0.4) is 0 Å². The molecule has 33 heavy (non-hydrogen) atoms. The third kappa shape index (κ3) is 3.86. The van der Waals surface area contributed by atoms with E-state index in [4.69, 9.17) is 11.6 Å². The van der Waals surface area contributed by atoms with Crippen LogP contribution in [0.1, 0.15) is 71.6 Å². The lowest BCUT2D eigenvalue weighted by atomic mass is 9.49. The van der Waals surface area contributed by atoms with Gasteiger partial charge in [-0.2, -0.15) is 0 Å². The van der Waals surface area contributed by atoms with Crippen LogP contribution in [0.25, 0.3) is 0 Å². The van der Waals surface area contributed by atoms with Gasteiger partial charge >= 0.3 is 0 Å². The van der Waals surface area contributed by atoms with Crippen molar-refractivity contribution in [2.45, 2.75) is 71.6 Å². The summed E-state index contributed by atoms with van der Waals surface area (Å²) in [5.74, 6) is 9.10. The zero-order chi connectivity index (χ0) is 23.5. The van der Waals surface area contributed by atoms with Crippen molar-refractivity contribution in [1.82, 2.24) is 0 Å². The van der Waals surface area contributed by atoms with Gasteiger partial charge in [-0.05, 0) is 92.3 Å². The van der Waals surface area contributed by atoms with Crippen LogP contribution >= 0.6 is 0 Å². The molecule has 8 atom stereocenters. The number of nitrogens with two attached hydrogens (primary N) is 2. The maximum absolute atomic E-state index is 13.7. The number of fused-ring (bicyclic) bond motifs is 5. The summed E-state index contributed by atoms with van der Waals surface area (Å²) in [7, 11) is 0. The molecular weight excluding hydrogens is 420 g/mol. The van der Waals surface area contributed by atoms with Crippen molar-refractivity contribution >= 4 is 17.2 Å². The van der Waals surface area contributed by atoms with Gasteiger partial charge in [0.2, 0.25) is 0 Å². The van der Waals surface area contributed by atoms with E-state index in [1.54, 1.807) is 0 Å². The van der Waals surface area contributed by atoms with E-state index >= 15 is 0 Å². The Morgan fingerprint density at radius 1 is 1.03 bits per heavy atom. The number of nitrogens with zero attached hydrogens (tertiary/aromatic N) is 1. The molecule has 8 unspecified atom stereocenters. The first-order valence-corrected chi connectivity index (χ1v) is 13.0. The minimum Gasteiger partial charge on any atom is -0.397 e. The van der Waals surface area contributed by atoms with Gasteiger partial charge in [0, 0.05) is 18.1 Å². The standard InChI is InChI=1S/C27H39F2N3O/c1-15-3-5-17-16(11-15)4-6-19-18(17)9-10-27(2)20(19)7-8-21(27)26(33)14-32(31)25-13-23(29)22(28)12-24(25)30/h12-13,15-21H,3-11,14,30-31H2,1-2H3.